The first-order valence-electron chi connectivity index (χ1n) is 8.81. The van der Waals surface area contributed by atoms with Gasteiger partial charge < -0.3 is 14.1 Å². The van der Waals surface area contributed by atoms with E-state index in [1.165, 1.54) is 0 Å². The second-order valence-corrected chi connectivity index (χ2v) is 6.91. The SMILES string of the molecule is CCn1nc(C)cc1C(=O)N1C[C@@H]2C[C@@H](Cc3nnc(C)o3)O[C@@H]2C1. The van der Waals surface area contributed by atoms with E-state index in [4.69, 9.17) is 9.15 Å². The summed E-state index contributed by atoms with van der Waals surface area (Å²) in [5.41, 5.74) is 1.54. The van der Waals surface area contributed by atoms with Gasteiger partial charge in [-0.25, -0.2) is 0 Å². The smallest absolute Gasteiger partial charge is 0.272 e. The van der Waals surface area contributed by atoms with Gasteiger partial charge in [0.15, 0.2) is 0 Å². The van der Waals surface area contributed by atoms with Crippen LogP contribution in [0.25, 0.3) is 0 Å². The molecule has 0 aliphatic carbocycles. The van der Waals surface area contributed by atoms with E-state index >= 15 is 0 Å². The van der Waals surface area contributed by atoms with E-state index in [1.54, 1.807) is 11.6 Å². The van der Waals surface area contributed by atoms with Crippen molar-refractivity contribution in [3.05, 3.63) is 29.2 Å². The van der Waals surface area contributed by atoms with Gasteiger partial charge in [0.05, 0.1) is 24.3 Å². The lowest BCUT2D eigenvalue weighted by molar-refractivity contribution is 0.0333. The van der Waals surface area contributed by atoms with E-state index in [0.717, 1.165) is 18.7 Å². The maximum absolute atomic E-state index is 12.8. The highest BCUT2D eigenvalue weighted by Crippen LogP contribution is 2.34. The van der Waals surface area contributed by atoms with Gasteiger partial charge in [0, 0.05) is 32.5 Å². The first kappa shape index (κ1) is 16.3. The summed E-state index contributed by atoms with van der Waals surface area (Å²) in [5, 5.41) is 12.3. The molecule has 0 saturated carbocycles. The van der Waals surface area contributed by atoms with Crippen molar-refractivity contribution in [1.29, 1.82) is 0 Å². The Morgan fingerprint density at radius 1 is 1.32 bits per heavy atom. The molecule has 1 amide bonds. The summed E-state index contributed by atoms with van der Waals surface area (Å²) in [6.07, 6.45) is 1.75. The molecule has 0 spiro atoms. The van der Waals surface area contributed by atoms with Gasteiger partial charge in [0.1, 0.15) is 5.69 Å². The third-order valence-corrected chi connectivity index (χ3v) is 4.99. The van der Waals surface area contributed by atoms with Crippen LogP contribution < -0.4 is 0 Å². The molecule has 0 N–H and O–H groups in total. The number of ether oxygens (including phenoxy) is 1. The topological polar surface area (TPSA) is 86.3 Å². The Morgan fingerprint density at radius 2 is 2.16 bits per heavy atom. The maximum Gasteiger partial charge on any atom is 0.272 e. The van der Waals surface area contributed by atoms with Crippen LogP contribution in [0.4, 0.5) is 0 Å². The summed E-state index contributed by atoms with van der Waals surface area (Å²) < 4.78 is 13.3. The van der Waals surface area contributed by atoms with Gasteiger partial charge in [-0.05, 0) is 26.3 Å². The van der Waals surface area contributed by atoms with Gasteiger partial charge >= 0.3 is 0 Å². The fraction of sp³-hybridized carbons (Fsp3) is 0.647. The first-order valence-corrected chi connectivity index (χ1v) is 8.81. The number of nitrogens with zero attached hydrogens (tertiary/aromatic N) is 5. The molecule has 8 heteroatoms. The molecule has 134 valence electrons. The second kappa shape index (κ2) is 6.25. The first-order chi connectivity index (χ1) is 12.0. The zero-order valence-electron chi connectivity index (χ0n) is 14.8. The van der Waals surface area contributed by atoms with Crippen LogP contribution in [-0.4, -0.2) is 56.1 Å². The quantitative estimate of drug-likeness (QED) is 0.832. The number of hydrogen-bond acceptors (Lipinski definition) is 6. The molecule has 4 heterocycles. The summed E-state index contributed by atoms with van der Waals surface area (Å²) in [5.74, 6) is 1.62. The molecule has 2 saturated heterocycles. The largest absolute Gasteiger partial charge is 0.426 e. The van der Waals surface area contributed by atoms with Crippen molar-refractivity contribution in [3.63, 3.8) is 0 Å². The van der Waals surface area contributed by atoms with Crippen LogP contribution in [0.5, 0.6) is 0 Å². The Bertz CT molecular complexity index is 769. The number of hydrogen-bond donors (Lipinski definition) is 0. The molecule has 2 aliphatic heterocycles. The van der Waals surface area contributed by atoms with Gasteiger partial charge in [0.25, 0.3) is 5.91 Å². The maximum atomic E-state index is 12.8. The van der Waals surface area contributed by atoms with Crippen LogP contribution in [0, 0.1) is 19.8 Å². The molecule has 0 aromatic carbocycles. The van der Waals surface area contributed by atoms with Crippen LogP contribution in [0.3, 0.4) is 0 Å². The molecule has 4 rings (SSSR count). The molecular formula is C17H23N5O3. The molecule has 3 atom stereocenters. The van der Waals surface area contributed by atoms with Gasteiger partial charge in [-0.1, -0.05) is 0 Å². The Morgan fingerprint density at radius 3 is 2.84 bits per heavy atom. The van der Waals surface area contributed by atoms with Gasteiger partial charge in [0.2, 0.25) is 11.8 Å². The Balaban J connectivity index is 1.38. The number of aromatic nitrogens is 4. The summed E-state index contributed by atoms with van der Waals surface area (Å²) >= 11 is 0. The molecule has 25 heavy (non-hydrogen) atoms. The summed E-state index contributed by atoms with van der Waals surface area (Å²) in [6.45, 7) is 7.75. The fourth-order valence-electron chi connectivity index (χ4n) is 3.90. The Kier molecular flexibility index (Phi) is 4.07. The number of aryl methyl sites for hydroxylation is 3. The van der Waals surface area contributed by atoms with E-state index < -0.39 is 0 Å². The monoisotopic (exact) mass is 345 g/mol. The zero-order chi connectivity index (χ0) is 17.6. The number of rotatable bonds is 4. The summed E-state index contributed by atoms with van der Waals surface area (Å²) in [4.78, 5) is 14.7. The Hall–Kier alpha value is -2.22. The number of carbonyl (C=O) groups excluding carboxylic acids is 1. The average Bonchev–Trinajstić information content (AvgIpc) is 3.30. The molecule has 2 aromatic rings. The van der Waals surface area contributed by atoms with Crippen molar-refractivity contribution in [2.75, 3.05) is 13.1 Å². The van der Waals surface area contributed by atoms with E-state index in [1.807, 2.05) is 24.8 Å². The van der Waals surface area contributed by atoms with Gasteiger partial charge in [-0.15, -0.1) is 10.2 Å². The highest BCUT2D eigenvalue weighted by molar-refractivity contribution is 5.93. The Labute approximate surface area is 146 Å². The molecule has 2 aliphatic rings. The van der Waals surface area contributed by atoms with Crippen LogP contribution in [0.15, 0.2) is 10.5 Å². The molecule has 8 nitrogen and oxygen atoms in total. The molecule has 0 unspecified atom stereocenters. The van der Waals surface area contributed by atoms with Crippen molar-refractivity contribution < 1.29 is 13.9 Å². The zero-order valence-corrected chi connectivity index (χ0v) is 14.8. The summed E-state index contributed by atoms with van der Waals surface area (Å²) in [7, 11) is 0. The van der Waals surface area contributed by atoms with E-state index in [-0.39, 0.29) is 18.1 Å². The number of amides is 1. The van der Waals surface area contributed by atoms with E-state index in [2.05, 4.69) is 15.3 Å². The minimum Gasteiger partial charge on any atom is -0.426 e. The minimum absolute atomic E-state index is 0.0459. The summed E-state index contributed by atoms with van der Waals surface area (Å²) in [6, 6.07) is 1.86. The van der Waals surface area contributed by atoms with Crippen LogP contribution in [0.2, 0.25) is 0 Å². The predicted molar refractivity (Wildman–Crippen MR) is 88.0 cm³/mol. The minimum atomic E-state index is 0.0459. The van der Waals surface area contributed by atoms with Crippen molar-refractivity contribution in [2.45, 2.75) is 52.4 Å². The average molecular weight is 345 g/mol. The lowest BCUT2D eigenvalue weighted by Gasteiger charge is -2.19. The van der Waals surface area contributed by atoms with Crippen molar-refractivity contribution in [3.8, 4) is 0 Å². The van der Waals surface area contributed by atoms with Crippen molar-refractivity contribution >= 4 is 5.91 Å². The standard InChI is InChI=1S/C17H23N5O3/c1-4-22-14(5-10(2)20-22)17(23)21-8-12-6-13(25-15(12)9-21)7-16-19-18-11(3)24-16/h5,12-13,15H,4,6-9H2,1-3H3/t12-,13-,15+/m0/s1. The van der Waals surface area contributed by atoms with Crippen LogP contribution in [0.1, 0.15) is 41.3 Å². The third kappa shape index (κ3) is 3.06. The predicted octanol–water partition coefficient (Wildman–Crippen LogP) is 1.38. The van der Waals surface area contributed by atoms with Gasteiger partial charge in [-0.3, -0.25) is 9.48 Å². The van der Waals surface area contributed by atoms with Crippen LogP contribution in [-0.2, 0) is 17.7 Å². The second-order valence-electron chi connectivity index (χ2n) is 6.91. The fourth-order valence-corrected chi connectivity index (χ4v) is 3.90. The lowest BCUT2D eigenvalue weighted by Crippen LogP contribution is -2.33. The van der Waals surface area contributed by atoms with E-state index in [0.29, 0.717) is 42.9 Å². The third-order valence-electron chi connectivity index (χ3n) is 4.99. The normalized spacial score (nSPS) is 25.6. The van der Waals surface area contributed by atoms with Gasteiger partial charge in [-0.2, -0.15) is 5.10 Å². The van der Waals surface area contributed by atoms with E-state index in [9.17, 15) is 4.79 Å². The highest BCUT2D eigenvalue weighted by atomic mass is 16.5. The molecule has 2 fully saturated rings. The molecular weight excluding hydrogens is 322 g/mol. The van der Waals surface area contributed by atoms with Crippen molar-refractivity contribution in [2.24, 2.45) is 5.92 Å². The lowest BCUT2D eigenvalue weighted by atomic mass is 10.0. The number of likely N-dealkylation sites (tertiary alicyclic amines) is 1. The molecule has 0 bridgehead atoms. The highest BCUT2D eigenvalue weighted by Gasteiger charge is 2.44. The molecule has 2 aromatic heterocycles. The number of fused-ring (bicyclic) bond motifs is 1. The molecule has 0 radical (unpaired) electrons. The van der Waals surface area contributed by atoms with Crippen molar-refractivity contribution in [1.82, 2.24) is 24.9 Å². The van der Waals surface area contributed by atoms with Crippen LogP contribution >= 0.6 is 0 Å². The number of carbonyl (C=O) groups is 1.